The highest BCUT2D eigenvalue weighted by atomic mass is 16.2. The van der Waals surface area contributed by atoms with Gasteiger partial charge < -0.3 is 15.6 Å². The largest absolute Gasteiger partial charge is 0.348 e. The van der Waals surface area contributed by atoms with E-state index < -0.39 is 6.04 Å². The number of carbonyl (C=O) groups is 2. The summed E-state index contributed by atoms with van der Waals surface area (Å²) in [6.45, 7) is 5.39. The number of likely N-dealkylation sites (N-methyl/N-ethyl adjacent to an activating group) is 1. The van der Waals surface area contributed by atoms with Gasteiger partial charge in [-0.25, -0.2) is 4.98 Å². The van der Waals surface area contributed by atoms with Gasteiger partial charge in [0.15, 0.2) is 5.78 Å². The molecule has 1 aromatic rings. The maximum atomic E-state index is 12.1. The normalized spacial score (nSPS) is 14.2. The van der Waals surface area contributed by atoms with E-state index in [1.807, 2.05) is 13.8 Å². The number of H-pyrrole nitrogens is 1. The molecule has 2 atom stereocenters. The van der Waals surface area contributed by atoms with Crippen molar-refractivity contribution in [2.45, 2.75) is 39.3 Å². The molecule has 0 saturated carbocycles. The van der Waals surface area contributed by atoms with Crippen LogP contribution in [0.15, 0.2) is 12.5 Å². The van der Waals surface area contributed by atoms with E-state index >= 15 is 0 Å². The van der Waals surface area contributed by atoms with E-state index in [0.717, 1.165) is 5.69 Å². The molecule has 0 aliphatic rings. The summed E-state index contributed by atoms with van der Waals surface area (Å²) in [6, 6.07) is -0.828. The molecule has 0 radical (unpaired) electrons. The number of nitrogens with zero attached hydrogens (tertiary/aromatic N) is 1. The standard InChI is InChI=1S/C13H22N4O2/c1-8(2)12(14-4)13(19)17-11(9(3)18)5-10-6-15-7-16-10/h6-8,11-12,14H,5H2,1-4H3,(H,15,16)(H,17,19). The predicted octanol–water partition coefficient (Wildman–Crippen LogP) is 0.270. The summed E-state index contributed by atoms with van der Waals surface area (Å²) in [5, 5.41) is 5.75. The zero-order chi connectivity index (χ0) is 14.4. The van der Waals surface area contributed by atoms with Gasteiger partial charge in [-0.3, -0.25) is 9.59 Å². The van der Waals surface area contributed by atoms with Crippen LogP contribution in [0.5, 0.6) is 0 Å². The summed E-state index contributed by atoms with van der Waals surface area (Å²) < 4.78 is 0. The van der Waals surface area contributed by atoms with Crippen LogP contribution in [0.3, 0.4) is 0 Å². The lowest BCUT2D eigenvalue weighted by Crippen LogP contribution is -2.51. The first-order valence-corrected chi connectivity index (χ1v) is 6.41. The van der Waals surface area contributed by atoms with Crippen molar-refractivity contribution >= 4 is 11.7 Å². The highest BCUT2D eigenvalue weighted by Gasteiger charge is 2.25. The molecule has 19 heavy (non-hydrogen) atoms. The molecule has 1 amide bonds. The minimum absolute atomic E-state index is 0.0680. The molecule has 1 aromatic heterocycles. The van der Waals surface area contributed by atoms with Gasteiger partial charge >= 0.3 is 0 Å². The molecular weight excluding hydrogens is 244 g/mol. The molecule has 1 heterocycles. The molecule has 3 N–H and O–H groups in total. The maximum absolute atomic E-state index is 12.1. The van der Waals surface area contributed by atoms with Gasteiger partial charge in [-0.2, -0.15) is 0 Å². The fourth-order valence-corrected chi connectivity index (χ4v) is 1.94. The van der Waals surface area contributed by atoms with Crippen molar-refractivity contribution in [1.29, 1.82) is 0 Å². The van der Waals surface area contributed by atoms with E-state index in [0.29, 0.717) is 6.42 Å². The summed E-state index contributed by atoms with van der Waals surface area (Å²) in [7, 11) is 1.74. The summed E-state index contributed by atoms with van der Waals surface area (Å²) in [6.07, 6.45) is 3.63. The average molecular weight is 266 g/mol. The van der Waals surface area contributed by atoms with Gasteiger partial charge in [0.1, 0.15) is 0 Å². The van der Waals surface area contributed by atoms with Crippen molar-refractivity contribution in [3.63, 3.8) is 0 Å². The summed E-state index contributed by atoms with van der Waals surface area (Å²) >= 11 is 0. The van der Waals surface area contributed by atoms with Crippen LogP contribution >= 0.6 is 0 Å². The van der Waals surface area contributed by atoms with E-state index in [-0.39, 0.29) is 23.7 Å². The van der Waals surface area contributed by atoms with Crippen molar-refractivity contribution in [2.75, 3.05) is 7.05 Å². The molecule has 0 spiro atoms. The third-order valence-corrected chi connectivity index (χ3v) is 3.05. The molecule has 2 unspecified atom stereocenters. The van der Waals surface area contributed by atoms with Gasteiger partial charge in [0.25, 0.3) is 0 Å². The first-order chi connectivity index (χ1) is 8.95. The van der Waals surface area contributed by atoms with E-state index in [1.54, 1.807) is 19.6 Å². The fourth-order valence-electron chi connectivity index (χ4n) is 1.94. The topological polar surface area (TPSA) is 86.9 Å². The third-order valence-electron chi connectivity index (χ3n) is 3.05. The second kappa shape index (κ2) is 7.04. The van der Waals surface area contributed by atoms with Crippen LogP contribution in [0.25, 0.3) is 0 Å². The minimum Gasteiger partial charge on any atom is -0.348 e. The molecule has 0 fully saturated rings. The fraction of sp³-hybridized carbons (Fsp3) is 0.615. The van der Waals surface area contributed by atoms with Crippen molar-refractivity contribution < 1.29 is 9.59 Å². The molecule has 0 aromatic carbocycles. The number of nitrogens with one attached hydrogen (secondary N) is 3. The smallest absolute Gasteiger partial charge is 0.237 e. The lowest BCUT2D eigenvalue weighted by molar-refractivity contribution is -0.128. The number of imidazole rings is 1. The number of hydrogen-bond donors (Lipinski definition) is 3. The quantitative estimate of drug-likeness (QED) is 0.661. The van der Waals surface area contributed by atoms with E-state index in [1.165, 1.54) is 6.92 Å². The number of aromatic amines is 1. The third kappa shape index (κ3) is 4.48. The molecule has 0 bridgehead atoms. The summed E-state index contributed by atoms with van der Waals surface area (Å²) in [4.78, 5) is 30.6. The van der Waals surface area contributed by atoms with Crippen LogP contribution in [0.2, 0.25) is 0 Å². The van der Waals surface area contributed by atoms with Crippen LogP contribution in [0.4, 0.5) is 0 Å². The Bertz CT molecular complexity index is 414. The van der Waals surface area contributed by atoms with Crippen molar-refractivity contribution in [1.82, 2.24) is 20.6 Å². The zero-order valence-corrected chi connectivity index (χ0v) is 11.9. The van der Waals surface area contributed by atoms with Crippen LogP contribution in [-0.4, -0.2) is 40.8 Å². The number of aromatic nitrogens is 2. The Hall–Kier alpha value is -1.69. The van der Waals surface area contributed by atoms with E-state index in [2.05, 4.69) is 20.6 Å². The Morgan fingerprint density at radius 1 is 1.42 bits per heavy atom. The summed E-state index contributed by atoms with van der Waals surface area (Å²) in [5.74, 6) is -0.0662. The number of ketones is 1. The lowest BCUT2D eigenvalue weighted by atomic mass is 10.0. The monoisotopic (exact) mass is 266 g/mol. The average Bonchev–Trinajstić information content (AvgIpc) is 2.81. The van der Waals surface area contributed by atoms with Crippen LogP contribution in [-0.2, 0) is 16.0 Å². The number of Topliss-reactive ketones (excluding diaryl/α,β-unsaturated/α-hetero) is 1. The second-order valence-electron chi connectivity index (χ2n) is 4.96. The molecular formula is C13H22N4O2. The van der Waals surface area contributed by atoms with E-state index in [9.17, 15) is 9.59 Å². The van der Waals surface area contributed by atoms with E-state index in [4.69, 9.17) is 0 Å². The van der Waals surface area contributed by atoms with Crippen molar-refractivity contribution in [3.8, 4) is 0 Å². The number of amides is 1. The SMILES string of the molecule is CNC(C(=O)NC(Cc1cnc[nH]1)C(C)=O)C(C)C. The molecule has 0 aliphatic heterocycles. The Balaban J connectivity index is 2.68. The van der Waals surface area contributed by atoms with Gasteiger partial charge in [0.05, 0.1) is 18.4 Å². The molecule has 0 saturated heterocycles. The molecule has 6 nitrogen and oxygen atoms in total. The lowest BCUT2D eigenvalue weighted by Gasteiger charge is -2.23. The number of carbonyl (C=O) groups excluding carboxylic acids is 2. The summed E-state index contributed by atoms with van der Waals surface area (Å²) in [5.41, 5.74) is 0.825. The molecule has 0 aliphatic carbocycles. The van der Waals surface area contributed by atoms with Gasteiger partial charge in [0, 0.05) is 18.3 Å². The van der Waals surface area contributed by atoms with Gasteiger partial charge in [0.2, 0.25) is 5.91 Å². The highest BCUT2D eigenvalue weighted by molar-refractivity contribution is 5.89. The molecule has 1 rings (SSSR count). The predicted molar refractivity (Wildman–Crippen MR) is 72.6 cm³/mol. The van der Waals surface area contributed by atoms with Crippen LogP contribution in [0, 0.1) is 5.92 Å². The van der Waals surface area contributed by atoms with Crippen LogP contribution < -0.4 is 10.6 Å². The van der Waals surface area contributed by atoms with Crippen molar-refractivity contribution in [2.24, 2.45) is 5.92 Å². The van der Waals surface area contributed by atoms with Crippen LogP contribution in [0.1, 0.15) is 26.5 Å². The highest BCUT2D eigenvalue weighted by Crippen LogP contribution is 2.04. The molecule has 6 heteroatoms. The number of hydrogen-bond acceptors (Lipinski definition) is 4. The van der Waals surface area contributed by atoms with Gasteiger partial charge in [-0.05, 0) is 19.9 Å². The minimum atomic E-state index is -0.525. The number of rotatable bonds is 7. The Kier molecular flexibility index (Phi) is 5.69. The molecule has 106 valence electrons. The van der Waals surface area contributed by atoms with Crippen molar-refractivity contribution in [3.05, 3.63) is 18.2 Å². The first kappa shape index (κ1) is 15.4. The van der Waals surface area contributed by atoms with Gasteiger partial charge in [-0.1, -0.05) is 13.8 Å². The Morgan fingerprint density at radius 2 is 2.11 bits per heavy atom. The first-order valence-electron chi connectivity index (χ1n) is 6.41. The Labute approximate surface area is 113 Å². The maximum Gasteiger partial charge on any atom is 0.237 e. The Morgan fingerprint density at radius 3 is 2.53 bits per heavy atom. The van der Waals surface area contributed by atoms with Gasteiger partial charge in [-0.15, -0.1) is 0 Å². The second-order valence-corrected chi connectivity index (χ2v) is 4.96. The zero-order valence-electron chi connectivity index (χ0n) is 11.9.